The second kappa shape index (κ2) is 6.84. The van der Waals surface area contributed by atoms with Crippen molar-refractivity contribution in [3.63, 3.8) is 0 Å². The molecular formula is C13H19BrN4O. The molecule has 0 aliphatic heterocycles. The molecule has 0 aromatic carbocycles. The van der Waals surface area contributed by atoms with Crippen molar-refractivity contribution >= 4 is 27.7 Å². The Morgan fingerprint density at radius 2 is 2.21 bits per heavy atom. The third kappa shape index (κ3) is 4.78. The van der Waals surface area contributed by atoms with Gasteiger partial charge < -0.3 is 10.6 Å². The Hall–Kier alpha value is -1.17. The second-order valence-corrected chi connectivity index (χ2v) is 5.55. The molecule has 1 fully saturated rings. The lowest BCUT2D eigenvalue weighted by molar-refractivity contribution is -0.120. The minimum Gasteiger partial charge on any atom is -0.369 e. The lowest BCUT2D eigenvalue weighted by Crippen LogP contribution is -2.26. The summed E-state index contributed by atoms with van der Waals surface area (Å²) in [6.07, 6.45) is 3.77. The lowest BCUT2D eigenvalue weighted by atomic mass is 10.3. The largest absolute Gasteiger partial charge is 0.369 e. The summed E-state index contributed by atoms with van der Waals surface area (Å²) in [5.74, 6) is 2.27. The number of amides is 1. The number of aromatic nitrogens is 2. The highest BCUT2D eigenvalue weighted by atomic mass is 79.9. The molecule has 1 aliphatic rings. The van der Waals surface area contributed by atoms with E-state index in [0.29, 0.717) is 18.9 Å². The molecule has 6 heteroatoms. The van der Waals surface area contributed by atoms with E-state index in [1.807, 2.05) is 13.0 Å². The minimum atomic E-state index is 0.0740. The number of nitrogens with zero attached hydrogens (tertiary/aromatic N) is 2. The Labute approximate surface area is 121 Å². The van der Waals surface area contributed by atoms with E-state index in [0.717, 1.165) is 29.2 Å². The smallest absolute Gasteiger partial charge is 0.221 e. The summed E-state index contributed by atoms with van der Waals surface area (Å²) in [5, 5.41) is 6.02. The van der Waals surface area contributed by atoms with E-state index in [2.05, 4.69) is 36.5 Å². The zero-order chi connectivity index (χ0) is 13.7. The van der Waals surface area contributed by atoms with Crippen molar-refractivity contribution in [3.05, 3.63) is 16.5 Å². The van der Waals surface area contributed by atoms with Gasteiger partial charge in [-0.2, -0.15) is 0 Å². The summed E-state index contributed by atoms with van der Waals surface area (Å²) in [6, 6.07) is 1.84. The first-order valence-electron chi connectivity index (χ1n) is 6.74. The monoisotopic (exact) mass is 326 g/mol. The van der Waals surface area contributed by atoms with Crippen LogP contribution < -0.4 is 10.6 Å². The fourth-order valence-corrected chi connectivity index (χ4v) is 2.11. The van der Waals surface area contributed by atoms with Gasteiger partial charge in [0.25, 0.3) is 0 Å². The van der Waals surface area contributed by atoms with Gasteiger partial charge >= 0.3 is 0 Å². The fraction of sp³-hybridized carbons (Fsp3) is 0.615. The van der Waals surface area contributed by atoms with Gasteiger partial charge in [-0.05, 0) is 35.2 Å². The van der Waals surface area contributed by atoms with Crippen LogP contribution in [-0.4, -0.2) is 29.0 Å². The number of carbonyl (C=O) groups excluding carboxylic acids is 1. The van der Waals surface area contributed by atoms with Crippen LogP contribution in [0.25, 0.3) is 0 Å². The lowest BCUT2D eigenvalue weighted by Gasteiger charge is -2.08. The van der Waals surface area contributed by atoms with Crippen LogP contribution in [0.2, 0.25) is 0 Å². The van der Waals surface area contributed by atoms with Gasteiger partial charge in [0.1, 0.15) is 16.2 Å². The van der Waals surface area contributed by atoms with Gasteiger partial charge in [-0.25, -0.2) is 9.97 Å². The SMILES string of the molecule is CCCNC(=O)CCNc1cc(Br)nc(C2CC2)n1. The molecular weight excluding hydrogens is 308 g/mol. The van der Waals surface area contributed by atoms with Crippen molar-refractivity contribution in [1.82, 2.24) is 15.3 Å². The molecule has 19 heavy (non-hydrogen) atoms. The number of rotatable bonds is 7. The summed E-state index contributed by atoms with van der Waals surface area (Å²) >= 11 is 3.39. The van der Waals surface area contributed by atoms with E-state index in [1.54, 1.807) is 0 Å². The Kier molecular flexibility index (Phi) is 5.13. The first kappa shape index (κ1) is 14.2. The summed E-state index contributed by atoms with van der Waals surface area (Å²) in [5.41, 5.74) is 0. The van der Waals surface area contributed by atoms with Crippen LogP contribution in [0.3, 0.4) is 0 Å². The van der Waals surface area contributed by atoms with Crippen LogP contribution in [0.1, 0.15) is 44.3 Å². The molecule has 0 atom stereocenters. The zero-order valence-electron chi connectivity index (χ0n) is 11.1. The van der Waals surface area contributed by atoms with Crippen LogP contribution in [0, 0.1) is 0 Å². The number of hydrogen-bond acceptors (Lipinski definition) is 4. The van der Waals surface area contributed by atoms with Gasteiger partial charge in [0.2, 0.25) is 5.91 Å². The third-order valence-electron chi connectivity index (χ3n) is 2.89. The van der Waals surface area contributed by atoms with Gasteiger partial charge in [-0.1, -0.05) is 6.92 Å². The van der Waals surface area contributed by atoms with Gasteiger partial charge in [-0.15, -0.1) is 0 Å². The first-order valence-corrected chi connectivity index (χ1v) is 7.53. The highest BCUT2D eigenvalue weighted by molar-refractivity contribution is 9.10. The van der Waals surface area contributed by atoms with E-state index in [9.17, 15) is 4.79 Å². The van der Waals surface area contributed by atoms with Crippen molar-refractivity contribution in [1.29, 1.82) is 0 Å². The molecule has 1 heterocycles. The highest BCUT2D eigenvalue weighted by Crippen LogP contribution is 2.38. The van der Waals surface area contributed by atoms with E-state index >= 15 is 0 Å². The first-order chi connectivity index (χ1) is 9.19. The predicted molar refractivity (Wildman–Crippen MR) is 78.1 cm³/mol. The van der Waals surface area contributed by atoms with E-state index in [-0.39, 0.29) is 5.91 Å². The molecule has 1 aliphatic carbocycles. The molecule has 0 spiro atoms. The van der Waals surface area contributed by atoms with Gasteiger partial charge in [0.05, 0.1) is 0 Å². The molecule has 0 unspecified atom stereocenters. The molecule has 0 saturated heterocycles. The highest BCUT2D eigenvalue weighted by Gasteiger charge is 2.27. The summed E-state index contributed by atoms with van der Waals surface area (Å²) in [4.78, 5) is 20.3. The van der Waals surface area contributed by atoms with Crippen LogP contribution in [0.15, 0.2) is 10.7 Å². The number of hydrogen-bond donors (Lipinski definition) is 2. The maximum Gasteiger partial charge on any atom is 0.221 e. The molecule has 0 bridgehead atoms. The Morgan fingerprint density at radius 1 is 1.42 bits per heavy atom. The summed E-state index contributed by atoms with van der Waals surface area (Å²) in [7, 11) is 0. The maximum absolute atomic E-state index is 11.5. The van der Waals surface area contributed by atoms with E-state index < -0.39 is 0 Å². The van der Waals surface area contributed by atoms with Crippen LogP contribution in [0.4, 0.5) is 5.82 Å². The predicted octanol–water partition coefficient (Wildman–Crippen LogP) is 2.44. The zero-order valence-corrected chi connectivity index (χ0v) is 12.7. The minimum absolute atomic E-state index is 0.0740. The number of halogens is 1. The van der Waals surface area contributed by atoms with Crippen molar-refractivity contribution in [3.8, 4) is 0 Å². The van der Waals surface area contributed by atoms with Gasteiger partial charge in [0, 0.05) is 31.5 Å². The molecule has 1 saturated carbocycles. The van der Waals surface area contributed by atoms with Crippen molar-refractivity contribution in [2.45, 2.75) is 38.5 Å². The van der Waals surface area contributed by atoms with Crippen molar-refractivity contribution in [2.24, 2.45) is 0 Å². The second-order valence-electron chi connectivity index (χ2n) is 4.74. The summed E-state index contributed by atoms with van der Waals surface area (Å²) < 4.78 is 0.794. The topological polar surface area (TPSA) is 66.9 Å². The number of anilines is 1. The Balaban J connectivity index is 1.80. The molecule has 0 radical (unpaired) electrons. The Bertz CT molecular complexity index is 448. The molecule has 1 amide bonds. The standard InChI is InChI=1S/C13H19BrN4O/c1-2-6-16-12(19)5-7-15-11-8-10(14)17-13(18-11)9-3-4-9/h8-9H,2-7H2,1H3,(H,16,19)(H,15,17,18). The maximum atomic E-state index is 11.5. The molecule has 2 rings (SSSR count). The fourth-order valence-electron chi connectivity index (χ4n) is 1.71. The average molecular weight is 327 g/mol. The Morgan fingerprint density at radius 3 is 2.89 bits per heavy atom. The van der Waals surface area contributed by atoms with E-state index in [4.69, 9.17) is 0 Å². The van der Waals surface area contributed by atoms with Gasteiger partial charge in [-0.3, -0.25) is 4.79 Å². The summed E-state index contributed by atoms with van der Waals surface area (Å²) in [6.45, 7) is 3.36. The van der Waals surface area contributed by atoms with E-state index in [1.165, 1.54) is 12.8 Å². The van der Waals surface area contributed by atoms with Crippen molar-refractivity contribution < 1.29 is 4.79 Å². The van der Waals surface area contributed by atoms with Crippen LogP contribution >= 0.6 is 15.9 Å². The van der Waals surface area contributed by atoms with Crippen molar-refractivity contribution in [2.75, 3.05) is 18.4 Å². The normalized spacial score (nSPS) is 14.2. The molecule has 1 aromatic rings. The molecule has 2 N–H and O–H groups in total. The molecule has 1 aromatic heterocycles. The number of nitrogens with one attached hydrogen (secondary N) is 2. The molecule has 5 nitrogen and oxygen atoms in total. The van der Waals surface area contributed by atoms with Crippen LogP contribution in [0.5, 0.6) is 0 Å². The quantitative estimate of drug-likeness (QED) is 0.755. The third-order valence-corrected chi connectivity index (χ3v) is 3.29. The molecule has 104 valence electrons. The number of carbonyl (C=O) groups is 1. The van der Waals surface area contributed by atoms with Crippen LogP contribution in [-0.2, 0) is 4.79 Å². The van der Waals surface area contributed by atoms with Gasteiger partial charge in [0.15, 0.2) is 0 Å². The average Bonchev–Trinajstić information content (AvgIpc) is 3.20.